The van der Waals surface area contributed by atoms with Crippen LogP contribution in [0.25, 0.3) is 11.4 Å². The van der Waals surface area contributed by atoms with Crippen molar-refractivity contribution >= 4 is 17.5 Å². The monoisotopic (exact) mass is 439 g/mol. The van der Waals surface area contributed by atoms with Crippen LogP contribution >= 0.6 is 11.6 Å². The number of hydrogen-bond acceptors (Lipinski definition) is 3. The first-order valence-corrected chi connectivity index (χ1v) is 9.51. The van der Waals surface area contributed by atoms with Crippen molar-refractivity contribution < 1.29 is 18.0 Å². The number of aromatic nitrogens is 3. The fourth-order valence-corrected chi connectivity index (χ4v) is 3.54. The molecule has 10 heteroatoms. The number of carbonyl (C=O) groups is 1. The molecule has 0 bridgehead atoms. The molecule has 30 heavy (non-hydrogen) atoms. The van der Waals surface area contributed by atoms with E-state index < -0.39 is 23.7 Å². The van der Waals surface area contributed by atoms with Crippen LogP contribution in [-0.2, 0) is 26.7 Å². The normalized spacial score (nSPS) is 12.8. The van der Waals surface area contributed by atoms with Gasteiger partial charge in [-0.15, -0.1) is 0 Å². The molecule has 3 rings (SSSR count). The zero-order valence-electron chi connectivity index (χ0n) is 16.4. The number of nitrogens with one attached hydrogen (secondary N) is 1. The molecule has 160 valence electrons. The lowest BCUT2D eigenvalue weighted by molar-refractivity contribution is -0.138. The van der Waals surface area contributed by atoms with Crippen molar-refractivity contribution in [2.75, 3.05) is 6.54 Å². The Morgan fingerprint density at radius 1 is 1.23 bits per heavy atom. The lowest BCUT2D eigenvalue weighted by Crippen LogP contribution is -2.42. The smallest absolute Gasteiger partial charge is 0.348 e. The van der Waals surface area contributed by atoms with Crippen LogP contribution in [0.15, 0.2) is 42.6 Å². The topological polar surface area (TPSA) is 77.9 Å². The third kappa shape index (κ3) is 4.36. The second-order valence-corrected chi connectivity index (χ2v) is 7.26. The second kappa shape index (κ2) is 8.53. The molecule has 0 unspecified atom stereocenters. The van der Waals surface area contributed by atoms with E-state index in [1.807, 2.05) is 0 Å². The summed E-state index contributed by atoms with van der Waals surface area (Å²) in [6.45, 7) is -0.0308. The summed E-state index contributed by atoms with van der Waals surface area (Å²) >= 11 is 6.34. The van der Waals surface area contributed by atoms with E-state index in [-0.39, 0.29) is 29.2 Å². The van der Waals surface area contributed by atoms with Crippen molar-refractivity contribution in [3.8, 4) is 11.4 Å². The molecule has 1 atom stereocenters. The maximum absolute atomic E-state index is 13.3. The van der Waals surface area contributed by atoms with Crippen LogP contribution in [-0.4, -0.2) is 32.8 Å². The maximum atomic E-state index is 13.3. The fourth-order valence-electron chi connectivity index (χ4n) is 3.31. The second-order valence-electron chi connectivity index (χ2n) is 6.90. The van der Waals surface area contributed by atoms with Gasteiger partial charge in [0.1, 0.15) is 5.15 Å². The van der Waals surface area contributed by atoms with Crippen molar-refractivity contribution in [2.24, 2.45) is 19.8 Å². The maximum Gasteiger partial charge on any atom is 0.416 e. The standard InChI is InChI=1S/C20H21ClF3N5O/c1-28-17(16-7-8-26-29(16)2)10-14(18(28)21)19(30)27-13(11-25)9-12-5-3-4-6-15(12)20(22,23)24/h3-8,10,13H,9,11,25H2,1-2H3,(H,27,30)/t13-/m0/s1. The van der Waals surface area contributed by atoms with E-state index in [1.165, 1.54) is 18.2 Å². The van der Waals surface area contributed by atoms with Crippen molar-refractivity contribution in [3.05, 3.63) is 64.4 Å². The Balaban J connectivity index is 1.83. The molecule has 1 aromatic carbocycles. The summed E-state index contributed by atoms with van der Waals surface area (Å²) in [7, 11) is 3.47. The Morgan fingerprint density at radius 2 is 1.93 bits per heavy atom. The summed E-state index contributed by atoms with van der Waals surface area (Å²) in [5.74, 6) is -0.510. The van der Waals surface area contributed by atoms with E-state index in [4.69, 9.17) is 17.3 Å². The summed E-state index contributed by atoms with van der Waals surface area (Å²) in [5.41, 5.74) is 6.70. The van der Waals surface area contributed by atoms with Gasteiger partial charge >= 0.3 is 6.18 Å². The third-order valence-corrected chi connectivity index (χ3v) is 5.35. The molecule has 0 aliphatic rings. The number of nitrogens with two attached hydrogens (primary N) is 1. The van der Waals surface area contributed by atoms with Crippen LogP contribution in [0.1, 0.15) is 21.5 Å². The fraction of sp³-hybridized carbons (Fsp3) is 0.300. The first-order valence-electron chi connectivity index (χ1n) is 9.13. The van der Waals surface area contributed by atoms with Crippen LogP contribution in [0.4, 0.5) is 13.2 Å². The lowest BCUT2D eigenvalue weighted by Gasteiger charge is -2.19. The molecular weight excluding hydrogens is 419 g/mol. The van der Waals surface area contributed by atoms with Gasteiger partial charge in [0.2, 0.25) is 0 Å². The predicted molar refractivity (Wildman–Crippen MR) is 108 cm³/mol. The van der Waals surface area contributed by atoms with E-state index in [0.717, 1.165) is 11.8 Å². The van der Waals surface area contributed by atoms with Gasteiger partial charge in [-0.3, -0.25) is 9.48 Å². The first kappa shape index (κ1) is 21.9. The van der Waals surface area contributed by atoms with E-state index in [2.05, 4.69) is 10.4 Å². The van der Waals surface area contributed by atoms with Crippen LogP contribution in [0.3, 0.4) is 0 Å². The minimum absolute atomic E-state index is 0.0308. The molecule has 2 aromatic heterocycles. The molecule has 3 aromatic rings. The van der Waals surface area contributed by atoms with Gasteiger partial charge in [0, 0.05) is 32.9 Å². The molecule has 6 nitrogen and oxygen atoms in total. The number of hydrogen-bond donors (Lipinski definition) is 2. The Hall–Kier alpha value is -2.78. The van der Waals surface area contributed by atoms with Crippen LogP contribution in [0.5, 0.6) is 0 Å². The molecule has 0 fully saturated rings. The highest BCUT2D eigenvalue weighted by molar-refractivity contribution is 6.33. The van der Waals surface area contributed by atoms with Gasteiger partial charge in [-0.25, -0.2) is 0 Å². The van der Waals surface area contributed by atoms with Crippen molar-refractivity contribution in [1.29, 1.82) is 0 Å². The largest absolute Gasteiger partial charge is 0.416 e. The molecule has 0 radical (unpaired) electrons. The predicted octanol–water partition coefficient (Wildman–Crippen LogP) is 3.40. The van der Waals surface area contributed by atoms with Gasteiger partial charge in [-0.1, -0.05) is 29.8 Å². The molecule has 3 N–H and O–H groups in total. The molecule has 0 saturated heterocycles. The van der Waals surface area contributed by atoms with E-state index in [9.17, 15) is 18.0 Å². The SMILES string of the molecule is Cn1nccc1-c1cc(C(=O)N[C@H](CN)Cc2ccccc2C(F)(F)F)c(Cl)n1C. The first-order chi connectivity index (χ1) is 14.1. The van der Waals surface area contributed by atoms with E-state index in [1.54, 1.807) is 41.7 Å². The molecule has 1 amide bonds. The summed E-state index contributed by atoms with van der Waals surface area (Å²) < 4.78 is 43.0. The highest BCUT2D eigenvalue weighted by atomic mass is 35.5. The van der Waals surface area contributed by atoms with Crippen LogP contribution < -0.4 is 11.1 Å². The average molecular weight is 440 g/mol. The molecule has 0 aliphatic heterocycles. The van der Waals surface area contributed by atoms with Gasteiger partial charge in [0.15, 0.2) is 0 Å². The zero-order chi connectivity index (χ0) is 22.1. The molecule has 0 saturated carbocycles. The van der Waals surface area contributed by atoms with Crippen molar-refractivity contribution in [3.63, 3.8) is 0 Å². The number of alkyl halides is 3. The van der Waals surface area contributed by atoms with Gasteiger partial charge in [-0.2, -0.15) is 18.3 Å². The number of rotatable bonds is 6. The minimum Gasteiger partial charge on any atom is -0.348 e. The van der Waals surface area contributed by atoms with Crippen molar-refractivity contribution in [1.82, 2.24) is 19.7 Å². The van der Waals surface area contributed by atoms with Gasteiger partial charge < -0.3 is 15.6 Å². The van der Waals surface area contributed by atoms with E-state index >= 15 is 0 Å². The number of amides is 1. The number of carbonyl (C=O) groups excluding carboxylic acids is 1. The minimum atomic E-state index is -4.49. The molecule has 0 spiro atoms. The van der Waals surface area contributed by atoms with Gasteiger partial charge in [0.05, 0.1) is 22.5 Å². The summed E-state index contributed by atoms with van der Waals surface area (Å²) in [6.07, 6.45) is -2.92. The number of halogens is 4. The molecule has 0 aliphatic carbocycles. The highest BCUT2D eigenvalue weighted by Crippen LogP contribution is 2.32. The quantitative estimate of drug-likeness (QED) is 0.618. The Kier molecular flexibility index (Phi) is 6.23. The number of aryl methyl sites for hydroxylation is 1. The third-order valence-electron chi connectivity index (χ3n) is 4.90. The Labute approximate surface area is 176 Å². The van der Waals surface area contributed by atoms with Crippen molar-refractivity contribution in [2.45, 2.75) is 18.6 Å². The van der Waals surface area contributed by atoms with Gasteiger partial charge in [0.25, 0.3) is 5.91 Å². The molecule has 2 heterocycles. The van der Waals surface area contributed by atoms with Crippen LogP contribution in [0, 0.1) is 0 Å². The number of nitrogens with zero attached hydrogens (tertiary/aromatic N) is 3. The lowest BCUT2D eigenvalue weighted by atomic mass is 9.99. The van der Waals surface area contributed by atoms with Gasteiger partial charge in [-0.05, 0) is 30.2 Å². The zero-order valence-corrected chi connectivity index (χ0v) is 17.1. The summed E-state index contributed by atoms with van der Waals surface area (Å²) in [4.78, 5) is 12.8. The Morgan fingerprint density at radius 3 is 2.53 bits per heavy atom. The summed E-state index contributed by atoms with van der Waals surface area (Å²) in [6, 6.07) is 7.94. The Bertz CT molecular complexity index is 1060. The average Bonchev–Trinajstić information content (AvgIpc) is 3.24. The molecular formula is C20H21ClF3N5O. The number of benzene rings is 1. The van der Waals surface area contributed by atoms with E-state index in [0.29, 0.717) is 5.69 Å². The summed E-state index contributed by atoms with van der Waals surface area (Å²) in [5, 5.41) is 7.01. The van der Waals surface area contributed by atoms with Crippen LogP contribution in [0.2, 0.25) is 5.15 Å². The highest BCUT2D eigenvalue weighted by Gasteiger charge is 2.33.